The molecule has 4 rings (SSSR count). The van der Waals surface area contributed by atoms with E-state index < -0.39 is 17.6 Å². The number of aromatic nitrogens is 1. The van der Waals surface area contributed by atoms with Crippen molar-refractivity contribution in [3.05, 3.63) is 125 Å². The Kier molecular flexibility index (Phi) is 7.25. The van der Waals surface area contributed by atoms with Crippen LogP contribution in [0.3, 0.4) is 0 Å². The second-order valence-electron chi connectivity index (χ2n) is 8.28. The van der Waals surface area contributed by atoms with Gasteiger partial charge in [0.2, 0.25) is 5.89 Å². The fourth-order valence-electron chi connectivity index (χ4n) is 3.50. The van der Waals surface area contributed by atoms with Crippen molar-refractivity contribution in [1.82, 2.24) is 4.98 Å². The van der Waals surface area contributed by atoms with Gasteiger partial charge in [0.1, 0.15) is 0 Å². The largest absolute Gasteiger partial charge is 0.419 e. The first-order valence-electron chi connectivity index (χ1n) is 11.3. The van der Waals surface area contributed by atoms with Crippen molar-refractivity contribution in [2.75, 3.05) is 0 Å². The average Bonchev–Trinajstić information content (AvgIpc) is 2.88. The molecular weight excluding hydrogens is 470 g/mol. The summed E-state index contributed by atoms with van der Waals surface area (Å²) in [6, 6.07) is 18.0. The molecule has 0 N–H and O–H groups in total. The highest BCUT2D eigenvalue weighted by Gasteiger charge is 2.19. The van der Waals surface area contributed by atoms with Gasteiger partial charge < -0.3 is 13.9 Å². The summed E-state index contributed by atoms with van der Waals surface area (Å²) in [7, 11) is 0. The normalized spacial score (nSPS) is 11.1. The molecule has 0 aliphatic rings. The SMILES string of the molecule is C=C/C(=C\C(=C)C)C(=O)Oc1ccc(-c2nc3ccccc3c(=O)o2)cc1OC(=O)c1cccc(C)c1. The number of fused-ring (bicyclic) bond motifs is 1. The molecule has 1 aromatic heterocycles. The number of aryl methyl sites for hydroxylation is 1. The number of carbonyl (C=O) groups is 2. The standard InChI is InChI=1S/C30H23NO6/c1-5-20(15-18(2)3)28(32)35-25-14-13-21(27-31-24-12-7-6-11-23(24)30(34)37-27)17-26(25)36-29(33)22-10-8-9-19(4)16-22/h5-17H,1-2H2,3-4H3/b20-15+. The summed E-state index contributed by atoms with van der Waals surface area (Å²) in [5.74, 6) is -1.44. The van der Waals surface area contributed by atoms with E-state index in [1.807, 2.05) is 13.0 Å². The summed E-state index contributed by atoms with van der Waals surface area (Å²) in [6.07, 6.45) is 2.87. The molecule has 0 spiro atoms. The first-order valence-corrected chi connectivity index (χ1v) is 11.3. The zero-order valence-corrected chi connectivity index (χ0v) is 20.3. The first kappa shape index (κ1) is 25.1. The number of benzene rings is 3. The lowest BCUT2D eigenvalue weighted by Gasteiger charge is -2.13. The third-order valence-electron chi connectivity index (χ3n) is 5.24. The molecule has 0 atom stereocenters. The minimum atomic E-state index is -0.714. The Morgan fingerprint density at radius 1 is 0.973 bits per heavy atom. The third-order valence-corrected chi connectivity index (χ3v) is 5.24. The molecule has 0 fully saturated rings. The molecule has 0 radical (unpaired) electrons. The van der Waals surface area contributed by atoms with Gasteiger partial charge in [0.25, 0.3) is 0 Å². The Morgan fingerprint density at radius 2 is 1.76 bits per heavy atom. The molecule has 0 unspecified atom stereocenters. The van der Waals surface area contributed by atoms with Crippen LogP contribution in [0.5, 0.6) is 11.5 Å². The van der Waals surface area contributed by atoms with Crippen LogP contribution >= 0.6 is 0 Å². The van der Waals surface area contributed by atoms with E-state index in [1.54, 1.807) is 55.5 Å². The van der Waals surface area contributed by atoms with Gasteiger partial charge in [0.15, 0.2) is 11.5 Å². The molecule has 37 heavy (non-hydrogen) atoms. The highest BCUT2D eigenvalue weighted by molar-refractivity contribution is 5.95. The van der Waals surface area contributed by atoms with Gasteiger partial charge in [0, 0.05) is 5.56 Å². The fraction of sp³-hybridized carbons (Fsp3) is 0.0667. The number of para-hydroxylation sites is 1. The Hall–Kier alpha value is -5.04. The van der Waals surface area contributed by atoms with Crippen LogP contribution in [0.2, 0.25) is 0 Å². The van der Waals surface area contributed by atoms with E-state index in [9.17, 15) is 14.4 Å². The van der Waals surface area contributed by atoms with E-state index in [2.05, 4.69) is 18.1 Å². The summed E-state index contributed by atoms with van der Waals surface area (Å²) in [5.41, 5.74) is 2.22. The van der Waals surface area contributed by atoms with Gasteiger partial charge in [0.05, 0.1) is 22.0 Å². The van der Waals surface area contributed by atoms with Crippen molar-refractivity contribution in [3.63, 3.8) is 0 Å². The number of hydrogen-bond acceptors (Lipinski definition) is 7. The van der Waals surface area contributed by atoms with Crippen LogP contribution in [0.25, 0.3) is 22.4 Å². The van der Waals surface area contributed by atoms with E-state index in [0.29, 0.717) is 27.6 Å². The Labute approximate surface area is 213 Å². The molecule has 0 bridgehead atoms. The predicted molar refractivity (Wildman–Crippen MR) is 141 cm³/mol. The van der Waals surface area contributed by atoms with Gasteiger partial charge in [-0.15, -0.1) is 0 Å². The monoisotopic (exact) mass is 493 g/mol. The third kappa shape index (κ3) is 5.79. The molecule has 3 aromatic carbocycles. The van der Waals surface area contributed by atoms with E-state index in [1.165, 1.54) is 24.3 Å². The van der Waals surface area contributed by atoms with Crippen LogP contribution in [-0.2, 0) is 4.79 Å². The molecule has 0 saturated heterocycles. The van der Waals surface area contributed by atoms with Crippen molar-refractivity contribution in [2.24, 2.45) is 0 Å². The molecule has 7 nitrogen and oxygen atoms in total. The quantitative estimate of drug-likeness (QED) is 0.135. The van der Waals surface area contributed by atoms with Gasteiger partial charge >= 0.3 is 17.6 Å². The van der Waals surface area contributed by atoms with Gasteiger partial charge in [-0.25, -0.2) is 19.4 Å². The molecule has 0 aliphatic carbocycles. The number of ether oxygens (including phenoxy) is 2. The number of esters is 2. The van der Waals surface area contributed by atoms with Crippen LogP contribution in [0.1, 0.15) is 22.8 Å². The minimum Gasteiger partial charge on any atom is -0.419 e. The summed E-state index contributed by atoms with van der Waals surface area (Å²) >= 11 is 0. The van der Waals surface area contributed by atoms with Gasteiger partial charge in [-0.2, -0.15) is 0 Å². The molecule has 4 aromatic rings. The molecule has 0 saturated carbocycles. The van der Waals surface area contributed by atoms with Crippen molar-refractivity contribution >= 4 is 22.8 Å². The van der Waals surface area contributed by atoms with Crippen molar-refractivity contribution in [3.8, 4) is 23.0 Å². The van der Waals surface area contributed by atoms with Crippen LogP contribution < -0.4 is 15.1 Å². The second-order valence-corrected chi connectivity index (χ2v) is 8.28. The maximum atomic E-state index is 12.9. The number of hydrogen-bond donors (Lipinski definition) is 0. The maximum absolute atomic E-state index is 12.9. The zero-order valence-electron chi connectivity index (χ0n) is 20.3. The van der Waals surface area contributed by atoms with E-state index in [0.717, 1.165) is 5.56 Å². The van der Waals surface area contributed by atoms with E-state index >= 15 is 0 Å². The van der Waals surface area contributed by atoms with Crippen LogP contribution in [0.4, 0.5) is 0 Å². The first-order chi connectivity index (χ1) is 17.7. The summed E-state index contributed by atoms with van der Waals surface area (Å²) in [5, 5.41) is 0.337. The summed E-state index contributed by atoms with van der Waals surface area (Å²) in [4.78, 5) is 42.6. The molecule has 7 heteroatoms. The van der Waals surface area contributed by atoms with Crippen molar-refractivity contribution in [1.29, 1.82) is 0 Å². The van der Waals surface area contributed by atoms with Crippen LogP contribution in [-0.4, -0.2) is 16.9 Å². The van der Waals surface area contributed by atoms with E-state index in [4.69, 9.17) is 13.9 Å². The molecule has 184 valence electrons. The van der Waals surface area contributed by atoms with Gasteiger partial charge in [-0.3, -0.25) is 0 Å². The second kappa shape index (κ2) is 10.7. The smallest absolute Gasteiger partial charge is 0.347 e. The molecule has 0 amide bonds. The molecule has 0 aliphatic heterocycles. The Bertz CT molecular complexity index is 1640. The predicted octanol–water partition coefficient (Wildman–Crippen LogP) is 5.98. The van der Waals surface area contributed by atoms with Crippen molar-refractivity contribution in [2.45, 2.75) is 13.8 Å². The highest BCUT2D eigenvalue weighted by atomic mass is 16.6. The Balaban J connectivity index is 1.77. The summed E-state index contributed by atoms with van der Waals surface area (Å²) < 4.78 is 16.6. The average molecular weight is 494 g/mol. The lowest BCUT2D eigenvalue weighted by molar-refractivity contribution is -0.129. The summed E-state index contributed by atoms with van der Waals surface area (Å²) in [6.45, 7) is 11.0. The van der Waals surface area contributed by atoms with E-state index in [-0.39, 0.29) is 23.0 Å². The Morgan fingerprint density at radius 3 is 2.49 bits per heavy atom. The number of nitrogens with zero attached hydrogens (tertiary/aromatic N) is 1. The van der Waals surface area contributed by atoms with Gasteiger partial charge in [-0.1, -0.05) is 54.6 Å². The fourth-order valence-corrected chi connectivity index (χ4v) is 3.50. The molecular formula is C30H23NO6. The minimum absolute atomic E-state index is 0.0170. The van der Waals surface area contributed by atoms with Crippen molar-refractivity contribution < 1.29 is 23.5 Å². The highest BCUT2D eigenvalue weighted by Crippen LogP contribution is 2.33. The maximum Gasteiger partial charge on any atom is 0.347 e. The lowest BCUT2D eigenvalue weighted by Crippen LogP contribution is -2.14. The zero-order chi connectivity index (χ0) is 26.5. The number of allylic oxidation sites excluding steroid dienone is 2. The van der Waals surface area contributed by atoms with Crippen LogP contribution in [0.15, 0.2) is 112 Å². The van der Waals surface area contributed by atoms with Gasteiger partial charge in [-0.05, 0) is 62.4 Å². The number of rotatable bonds is 7. The lowest BCUT2D eigenvalue weighted by atomic mass is 10.1. The topological polar surface area (TPSA) is 95.7 Å². The van der Waals surface area contributed by atoms with Crippen LogP contribution in [0, 0.1) is 6.92 Å². The molecule has 1 heterocycles. The number of carbonyl (C=O) groups excluding carboxylic acids is 2.